The van der Waals surface area contributed by atoms with Gasteiger partial charge in [0.25, 0.3) is 0 Å². The van der Waals surface area contributed by atoms with Crippen molar-refractivity contribution in [3.8, 4) is 5.75 Å². The molecule has 4 aliphatic rings. The number of hydrogen-bond donors (Lipinski definition) is 1. The molecule has 6 rings (SSSR count). The van der Waals surface area contributed by atoms with Crippen molar-refractivity contribution in [2.24, 2.45) is 17.8 Å². The summed E-state index contributed by atoms with van der Waals surface area (Å²) in [4.78, 5) is 55.6. The Bertz CT molecular complexity index is 1540. The highest BCUT2D eigenvalue weighted by molar-refractivity contribution is 6.25. The van der Waals surface area contributed by atoms with Crippen LogP contribution in [0.1, 0.15) is 36.8 Å². The molecule has 1 aliphatic heterocycles. The second-order valence-corrected chi connectivity index (χ2v) is 10.7. The second-order valence-electron chi connectivity index (χ2n) is 10.7. The van der Waals surface area contributed by atoms with Crippen molar-refractivity contribution in [2.75, 3.05) is 18.1 Å². The van der Waals surface area contributed by atoms with Crippen molar-refractivity contribution >= 4 is 35.1 Å². The van der Waals surface area contributed by atoms with Crippen LogP contribution in [-0.2, 0) is 19.2 Å². The first-order chi connectivity index (χ1) is 19.3. The van der Waals surface area contributed by atoms with Crippen LogP contribution in [0.2, 0.25) is 0 Å². The molecule has 0 unspecified atom stereocenters. The molecule has 2 amide bonds. The van der Waals surface area contributed by atoms with Crippen LogP contribution in [0.15, 0.2) is 89.6 Å². The Morgan fingerprint density at radius 3 is 2.40 bits per heavy atom. The summed E-state index contributed by atoms with van der Waals surface area (Å²) in [5.74, 6) is -2.35. The van der Waals surface area contributed by atoms with Gasteiger partial charge in [0.2, 0.25) is 11.8 Å². The van der Waals surface area contributed by atoms with Crippen LogP contribution >= 0.6 is 0 Å². The molecule has 0 spiro atoms. The monoisotopic (exact) mass is 535 g/mol. The predicted molar refractivity (Wildman–Crippen MR) is 149 cm³/mol. The fourth-order valence-corrected chi connectivity index (χ4v) is 6.70. The molecule has 1 fully saturated rings. The number of anilines is 1. The number of aliphatic hydroxyl groups is 1. The summed E-state index contributed by atoms with van der Waals surface area (Å²) in [5.41, 5.74) is 4.39. The van der Waals surface area contributed by atoms with E-state index in [1.54, 1.807) is 37.3 Å². The lowest BCUT2D eigenvalue weighted by molar-refractivity contribution is -0.123. The third-order valence-corrected chi connectivity index (χ3v) is 8.52. The summed E-state index contributed by atoms with van der Waals surface area (Å²) in [5, 5.41) is 9.08. The number of ether oxygens (including phenoxy) is 1. The zero-order chi connectivity index (χ0) is 28.1. The minimum Gasteiger partial charge on any atom is -0.491 e. The van der Waals surface area contributed by atoms with Crippen molar-refractivity contribution in [3.05, 3.63) is 101 Å². The van der Waals surface area contributed by atoms with Gasteiger partial charge in [-0.25, -0.2) is 0 Å². The van der Waals surface area contributed by atoms with Crippen LogP contribution in [0.4, 0.5) is 5.69 Å². The molecule has 4 atom stereocenters. The SMILES string of the molecule is C=Cc1ccc(N2C(=O)[C@H]3[C@H](CC=C4[C@H](c5ccc(OCCO)cc5)C5=C(C[C@H]43)C(=O)C(C)=CC5=O)C2=O)cc1. The van der Waals surface area contributed by atoms with Gasteiger partial charge in [0.15, 0.2) is 11.6 Å². The van der Waals surface area contributed by atoms with E-state index >= 15 is 0 Å². The molecule has 2 aromatic rings. The van der Waals surface area contributed by atoms with Gasteiger partial charge in [-0.3, -0.25) is 24.1 Å². The second kappa shape index (κ2) is 9.99. The Balaban J connectivity index is 1.42. The first kappa shape index (κ1) is 25.9. The Kier molecular flexibility index (Phi) is 6.47. The number of carbonyl (C=O) groups excluding carboxylic acids is 4. The molecule has 7 heteroatoms. The van der Waals surface area contributed by atoms with Gasteiger partial charge in [0.05, 0.1) is 24.1 Å². The normalized spacial score (nSPS) is 25.7. The van der Waals surface area contributed by atoms with Gasteiger partial charge >= 0.3 is 0 Å². The van der Waals surface area contributed by atoms with Crippen LogP contribution in [0.5, 0.6) is 5.75 Å². The minimum absolute atomic E-state index is 0.109. The number of Topliss-reactive ketones (excluding diaryl/α,β-unsaturated/α-hetero) is 1. The van der Waals surface area contributed by atoms with Crippen molar-refractivity contribution in [2.45, 2.75) is 25.7 Å². The van der Waals surface area contributed by atoms with Gasteiger partial charge in [-0.15, -0.1) is 0 Å². The van der Waals surface area contributed by atoms with Gasteiger partial charge in [-0.2, -0.15) is 0 Å². The molecule has 7 nitrogen and oxygen atoms in total. The Labute approximate surface area is 232 Å². The highest BCUT2D eigenvalue weighted by atomic mass is 16.5. The van der Waals surface area contributed by atoms with Gasteiger partial charge in [0, 0.05) is 22.6 Å². The van der Waals surface area contributed by atoms with Gasteiger partial charge in [0.1, 0.15) is 12.4 Å². The lowest BCUT2D eigenvalue weighted by Crippen LogP contribution is -2.39. The first-order valence-corrected chi connectivity index (χ1v) is 13.5. The number of amides is 2. The summed E-state index contributed by atoms with van der Waals surface area (Å²) in [6.45, 7) is 5.45. The van der Waals surface area contributed by atoms with E-state index in [1.165, 1.54) is 11.0 Å². The van der Waals surface area contributed by atoms with E-state index in [0.717, 1.165) is 16.7 Å². The van der Waals surface area contributed by atoms with E-state index in [-0.39, 0.29) is 48.9 Å². The summed E-state index contributed by atoms with van der Waals surface area (Å²) in [6, 6.07) is 14.4. The number of allylic oxidation sites excluding steroid dienone is 6. The Morgan fingerprint density at radius 1 is 1.00 bits per heavy atom. The number of fused-ring (bicyclic) bond motifs is 3. The van der Waals surface area contributed by atoms with E-state index in [2.05, 4.69) is 6.58 Å². The third-order valence-electron chi connectivity index (χ3n) is 8.52. The fourth-order valence-electron chi connectivity index (χ4n) is 6.70. The average Bonchev–Trinajstić information content (AvgIpc) is 3.23. The topological polar surface area (TPSA) is 101 Å². The number of rotatable bonds is 6. The van der Waals surface area contributed by atoms with E-state index in [0.29, 0.717) is 34.6 Å². The third kappa shape index (κ3) is 4.00. The summed E-state index contributed by atoms with van der Waals surface area (Å²) in [6.07, 6.45) is 5.74. The van der Waals surface area contributed by atoms with Crippen LogP contribution in [0.3, 0.4) is 0 Å². The Morgan fingerprint density at radius 2 is 1.73 bits per heavy atom. The highest BCUT2D eigenvalue weighted by Gasteiger charge is 2.56. The van der Waals surface area contributed by atoms with E-state index in [9.17, 15) is 19.2 Å². The highest BCUT2D eigenvalue weighted by Crippen LogP contribution is 2.55. The zero-order valence-corrected chi connectivity index (χ0v) is 22.1. The quantitative estimate of drug-likeness (QED) is 0.336. The predicted octanol–water partition coefficient (Wildman–Crippen LogP) is 4.33. The maximum Gasteiger partial charge on any atom is 0.238 e. The number of carbonyl (C=O) groups is 4. The van der Waals surface area contributed by atoms with Crippen molar-refractivity contribution in [1.29, 1.82) is 0 Å². The van der Waals surface area contributed by atoms with Gasteiger partial charge < -0.3 is 9.84 Å². The van der Waals surface area contributed by atoms with E-state index in [1.807, 2.05) is 30.3 Å². The Hall–Kier alpha value is -4.36. The molecule has 202 valence electrons. The van der Waals surface area contributed by atoms with Crippen LogP contribution < -0.4 is 9.64 Å². The number of ketones is 2. The number of hydrogen-bond acceptors (Lipinski definition) is 6. The van der Waals surface area contributed by atoms with Crippen LogP contribution in [-0.4, -0.2) is 41.7 Å². The standard InChI is InChI=1S/C33H29NO6/c1-3-19-4-8-21(9-5-19)34-32(38)24-13-12-23-25(29(24)33(34)39)17-26-30(27(36)16-18(2)31(26)37)28(23)20-6-10-22(11-7-20)40-15-14-35/h3-12,16,24-25,28-29,35H,1,13-15,17H2,2H3/t24-,25+,28-,29-/m0/s1. The molecule has 3 aliphatic carbocycles. The number of aliphatic hydroxyl groups excluding tert-OH is 1. The smallest absolute Gasteiger partial charge is 0.238 e. The molecule has 1 N–H and O–H groups in total. The maximum absolute atomic E-state index is 14.0. The molecule has 1 heterocycles. The fraction of sp³-hybridized carbons (Fsp3) is 0.273. The summed E-state index contributed by atoms with van der Waals surface area (Å²) in [7, 11) is 0. The number of nitrogens with zero attached hydrogens (tertiary/aromatic N) is 1. The van der Waals surface area contributed by atoms with Crippen molar-refractivity contribution in [3.63, 3.8) is 0 Å². The molecule has 2 aromatic carbocycles. The molecule has 40 heavy (non-hydrogen) atoms. The van der Waals surface area contributed by atoms with E-state index in [4.69, 9.17) is 9.84 Å². The maximum atomic E-state index is 14.0. The average molecular weight is 536 g/mol. The number of imide groups is 1. The molecule has 0 aromatic heterocycles. The molecule has 0 bridgehead atoms. The van der Waals surface area contributed by atoms with E-state index < -0.39 is 17.8 Å². The molecule has 1 saturated heterocycles. The first-order valence-electron chi connectivity index (χ1n) is 13.5. The molecule has 0 radical (unpaired) electrons. The lowest BCUT2D eigenvalue weighted by Gasteiger charge is -2.42. The van der Waals surface area contributed by atoms with Crippen molar-refractivity contribution in [1.82, 2.24) is 0 Å². The van der Waals surface area contributed by atoms with Gasteiger partial charge in [-0.05, 0) is 67.2 Å². The molecule has 0 saturated carbocycles. The molecular formula is C33H29NO6. The van der Waals surface area contributed by atoms with Gasteiger partial charge in [-0.1, -0.05) is 48.6 Å². The van der Waals surface area contributed by atoms with Crippen LogP contribution in [0, 0.1) is 17.8 Å². The molecular weight excluding hydrogens is 506 g/mol. The lowest BCUT2D eigenvalue weighted by atomic mass is 9.59. The van der Waals surface area contributed by atoms with Crippen molar-refractivity contribution < 1.29 is 29.0 Å². The summed E-state index contributed by atoms with van der Waals surface area (Å²) >= 11 is 0. The number of benzene rings is 2. The summed E-state index contributed by atoms with van der Waals surface area (Å²) < 4.78 is 5.51. The zero-order valence-electron chi connectivity index (χ0n) is 22.1. The minimum atomic E-state index is -0.621. The largest absolute Gasteiger partial charge is 0.491 e. The van der Waals surface area contributed by atoms with Crippen LogP contribution in [0.25, 0.3) is 6.08 Å².